The Balaban J connectivity index is 2.06. The molecule has 0 heterocycles. The van der Waals surface area contributed by atoms with Gasteiger partial charge in [-0.1, -0.05) is 62.7 Å². The molecule has 2 aromatic rings. The highest BCUT2D eigenvalue weighted by Crippen LogP contribution is 2.25. The average Bonchev–Trinajstić information content (AvgIpc) is 2.39. The first-order chi connectivity index (χ1) is 9.36. The summed E-state index contributed by atoms with van der Waals surface area (Å²) in [7, 11) is 0. The molecule has 0 aliphatic rings. The lowest BCUT2D eigenvalue weighted by Crippen LogP contribution is -2.10. The first-order valence-electron chi connectivity index (χ1n) is 6.84. The van der Waals surface area contributed by atoms with E-state index in [0.29, 0.717) is 11.6 Å². The van der Waals surface area contributed by atoms with Gasteiger partial charge in [0.15, 0.2) is 0 Å². The third-order valence-electron chi connectivity index (χ3n) is 3.36. The van der Waals surface area contributed by atoms with Crippen molar-refractivity contribution in [1.82, 2.24) is 0 Å². The first-order valence-corrected chi connectivity index (χ1v) is 7.22. The molecular formula is C18H21ClO. The van der Waals surface area contributed by atoms with E-state index in [1.165, 1.54) is 5.56 Å². The van der Waals surface area contributed by atoms with Crippen LogP contribution in [0.1, 0.15) is 37.5 Å². The minimum Gasteiger partial charge on any atom is -0.489 e. The van der Waals surface area contributed by atoms with Crippen LogP contribution in [0.2, 0.25) is 5.02 Å². The van der Waals surface area contributed by atoms with Crippen molar-refractivity contribution in [3.63, 3.8) is 0 Å². The molecule has 0 bridgehead atoms. The van der Waals surface area contributed by atoms with Crippen molar-refractivity contribution in [2.45, 2.75) is 39.7 Å². The van der Waals surface area contributed by atoms with Crippen molar-refractivity contribution in [1.29, 1.82) is 0 Å². The maximum absolute atomic E-state index is 5.99. The molecule has 20 heavy (non-hydrogen) atoms. The second kappa shape index (κ2) is 5.88. The van der Waals surface area contributed by atoms with Gasteiger partial charge in [0.2, 0.25) is 0 Å². The van der Waals surface area contributed by atoms with Crippen LogP contribution < -0.4 is 4.74 Å². The highest BCUT2D eigenvalue weighted by Gasteiger charge is 2.12. The Morgan fingerprint density at radius 2 is 1.65 bits per heavy atom. The quantitative estimate of drug-likeness (QED) is 0.722. The lowest BCUT2D eigenvalue weighted by Gasteiger charge is -2.19. The predicted molar refractivity (Wildman–Crippen MR) is 85.7 cm³/mol. The Labute approximate surface area is 126 Å². The van der Waals surface area contributed by atoms with E-state index >= 15 is 0 Å². The summed E-state index contributed by atoms with van der Waals surface area (Å²) in [6, 6.07) is 14.3. The Bertz CT molecular complexity index is 579. The Hall–Kier alpha value is -1.47. The van der Waals surface area contributed by atoms with E-state index < -0.39 is 0 Å². The smallest absolute Gasteiger partial charge is 0.124 e. The summed E-state index contributed by atoms with van der Waals surface area (Å²) in [5.41, 5.74) is 3.78. The van der Waals surface area contributed by atoms with E-state index in [1.54, 1.807) is 0 Å². The molecule has 0 radical (unpaired) electrons. The maximum Gasteiger partial charge on any atom is 0.124 e. The number of rotatable bonds is 3. The van der Waals surface area contributed by atoms with Gasteiger partial charge in [0.1, 0.15) is 12.4 Å². The Morgan fingerprint density at radius 3 is 2.25 bits per heavy atom. The van der Waals surface area contributed by atoms with Gasteiger partial charge in [-0.05, 0) is 41.2 Å². The van der Waals surface area contributed by atoms with Crippen molar-refractivity contribution in [3.05, 3.63) is 64.2 Å². The van der Waals surface area contributed by atoms with Crippen LogP contribution in [0.5, 0.6) is 5.75 Å². The molecule has 0 aliphatic carbocycles. The lowest BCUT2D eigenvalue weighted by molar-refractivity contribution is 0.304. The third kappa shape index (κ3) is 3.77. The first kappa shape index (κ1) is 14.9. The van der Waals surface area contributed by atoms with Gasteiger partial charge in [0.05, 0.1) is 0 Å². The van der Waals surface area contributed by atoms with Crippen LogP contribution in [0, 0.1) is 6.92 Å². The normalized spacial score (nSPS) is 11.4. The molecule has 0 N–H and O–H groups in total. The lowest BCUT2D eigenvalue weighted by atomic mass is 9.87. The molecule has 2 aromatic carbocycles. The Kier molecular flexibility index (Phi) is 4.39. The number of hydrogen-bond donors (Lipinski definition) is 0. The predicted octanol–water partition coefficient (Wildman–Crippen LogP) is 5.52. The molecule has 0 aliphatic heterocycles. The molecule has 0 amide bonds. The van der Waals surface area contributed by atoms with Crippen LogP contribution in [-0.2, 0) is 12.0 Å². The fourth-order valence-electron chi connectivity index (χ4n) is 1.99. The summed E-state index contributed by atoms with van der Waals surface area (Å²) in [6.07, 6.45) is 0. The zero-order valence-corrected chi connectivity index (χ0v) is 13.3. The van der Waals surface area contributed by atoms with Gasteiger partial charge in [-0.15, -0.1) is 0 Å². The fraction of sp³-hybridized carbons (Fsp3) is 0.333. The summed E-state index contributed by atoms with van der Waals surface area (Å²) < 4.78 is 5.84. The summed E-state index contributed by atoms with van der Waals surface area (Å²) in [5.74, 6) is 0.845. The van der Waals surface area contributed by atoms with Gasteiger partial charge in [0.25, 0.3) is 0 Å². The minimum atomic E-state index is 0.183. The molecule has 0 saturated heterocycles. The standard InChI is InChI=1S/C18H21ClO/c1-13-5-10-16(19)11-17(13)20-12-14-6-8-15(9-7-14)18(2,3)4/h5-11H,12H2,1-4H3. The fourth-order valence-corrected chi connectivity index (χ4v) is 2.15. The Morgan fingerprint density at radius 1 is 1.00 bits per heavy atom. The highest BCUT2D eigenvalue weighted by atomic mass is 35.5. The van der Waals surface area contributed by atoms with E-state index in [0.717, 1.165) is 16.9 Å². The van der Waals surface area contributed by atoms with Crippen molar-refractivity contribution < 1.29 is 4.74 Å². The van der Waals surface area contributed by atoms with Crippen LogP contribution in [0.3, 0.4) is 0 Å². The van der Waals surface area contributed by atoms with Crippen molar-refractivity contribution in [3.8, 4) is 5.75 Å². The van der Waals surface area contributed by atoms with Gasteiger partial charge in [0, 0.05) is 5.02 Å². The highest BCUT2D eigenvalue weighted by molar-refractivity contribution is 6.30. The monoisotopic (exact) mass is 288 g/mol. The number of aryl methyl sites for hydroxylation is 1. The topological polar surface area (TPSA) is 9.23 Å². The van der Waals surface area contributed by atoms with Crippen LogP contribution in [-0.4, -0.2) is 0 Å². The van der Waals surface area contributed by atoms with Gasteiger partial charge < -0.3 is 4.74 Å². The number of halogens is 1. The zero-order valence-electron chi connectivity index (χ0n) is 12.5. The molecule has 0 atom stereocenters. The van der Waals surface area contributed by atoms with Crippen molar-refractivity contribution in [2.75, 3.05) is 0 Å². The largest absolute Gasteiger partial charge is 0.489 e. The van der Waals surface area contributed by atoms with Gasteiger partial charge in [-0.2, -0.15) is 0 Å². The van der Waals surface area contributed by atoms with Crippen molar-refractivity contribution in [2.24, 2.45) is 0 Å². The summed E-state index contributed by atoms with van der Waals surface area (Å²) in [4.78, 5) is 0. The summed E-state index contributed by atoms with van der Waals surface area (Å²) >= 11 is 5.99. The molecule has 0 saturated carbocycles. The zero-order chi connectivity index (χ0) is 14.8. The number of benzene rings is 2. The molecule has 0 fully saturated rings. The van der Waals surface area contributed by atoms with Crippen molar-refractivity contribution >= 4 is 11.6 Å². The van der Waals surface area contributed by atoms with Gasteiger partial charge in [-0.25, -0.2) is 0 Å². The van der Waals surface area contributed by atoms with Gasteiger partial charge in [-0.3, -0.25) is 0 Å². The molecule has 0 unspecified atom stereocenters. The average molecular weight is 289 g/mol. The van der Waals surface area contributed by atoms with E-state index in [9.17, 15) is 0 Å². The van der Waals surface area contributed by atoms with E-state index in [2.05, 4.69) is 45.0 Å². The van der Waals surface area contributed by atoms with Crippen LogP contribution in [0.4, 0.5) is 0 Å². The molecule has 1 nitrogen and oxygen atoms in total. The third-order valence-corrected chi connectivity index (χ3v) is 3.60. The molecule has 0 spiro atoms. The number of hydrogen-bond acceptors (Lipinski definition) is 1. The summed E-state index contributed by atoms with van der Waals surface area (Å²) in [6.45, 7) is 9.23. The molecule has 106 valence electrons. The molecule has 2 rings (SSSR count). The van der Waals surface area contributed by atoms with Crippen LogP contribution in [0.15, 0.2) is 42.5 Å². The molecule has 0 aromatic heterocycles. The van der Waals surface area contributed by atoms with E-state index in [1.807, 2.05) is 25.1 Å². The van der Waals surface area contributed by atoms with Crippen LogP contribution in [0.25, 0.3) is 0 Å². The van der Waals surface area contributed by atoms with Crippen LogP contribution >= 0.6 is 11.6 Å². The second-order valence-corrected chi connectivity index (χ2v) is 6.58. The number of ether oxygens (including phenoxy) is 1. The second-order valence-electron chi connectivity index (χ2n) is 6.15. The minimum absolute atomic E-state index is 0.183. The van der Waals surface area contributed by atoms with E-state index in [-0.39, 0.29) is 5.41 Å². The molecular weight excluding hydrogens is 268 g/mol. The maximum atomic E-state index is 5.99. The summed E-state index contributed by atoms with van der Waals surface area (Å²) in [5, 5.41) is 0.702. The van der Waals surface area contributed by atoms with E-state index in [4.69, 9.17) is 16.3 Å². The van der Waals surface area contributed by atoms with Gasteiger partial charge >= 0.3 is 0 Å². The SMILES string of the molecule is Cc1ccc(Cl)cc1OCc1ccc(C(C)(C)C)cc1. The molecule has 2 heteroatoms.